The molecule has 0 aliphatic heterocycles. The van der Waals surface area contributed by atoms with Gasteiger partial charge in [-0.25, -0.2) is 0 Å². The number of nitrogen functional groups attached to an aromatic ring is 2. The van der Waals surface area contributed by atoms with Gasteiger partial charge in [0.1, 0.15) is 5.82 Å². The number of hydrogen-bond acceptors (Lipinski definition) is 5. The Bertz CT molecular complexity index is 433. The standard InChI is InChI=1S/C6H8N6.C2H6/c1-12-5-3(2-9-12)4(7)10-6(8)11-5;1-2/h2H,1H3,(H4,7,8,10,11);1-2H3. The van der Waals surface area contributed by atoms with Crippen LogP contribution in [0.4, 0.5) is 11.8 Å². The summed E-state index contributed by atoms with van der Waals surface area (Å²) in [4.78, 5) is 7.79. The van der Waals surface area contributed by atoms with E-state index in [1.54, 1.807) is 17.9 Å². The van der Waals surface area contributed by atoms with E-state index in [-0.39, 0.29) is 5.95 Å². The zero-order chi connectivity index (χ0) is 10.7. The first-order valence-corrected chi connectivity index (χ1v) is 4.39. The summed E-state index contributed by atoms with van der Waals surface area (Å²) in [5.41, 5.74) is 11.6. The molecule has 2 heterocycles. The van der Waals surface area contributed by atoms with Crippen LogP contribution in [-0.2, 0) is 7.05 Å². The number of nitrogens with two attached hydrogens (primary N) is 2. The highest BCUT2D eigenvalue weighted by molar-refractivity contribution is 5.85. The van der Waals surface area contributed by atoms with Crippen LogP contribution in [0.25, 0.3) is 11.0 Å². The normalized spacial score (nSPS) is 9.64. The molecule has 4 N–H and O–H groups in total. The van der Waals surface area contributed by atoms with Crippen molar-refractivity contribution in [3.63, 3.8) is 0 Å². The van der Waals surface area contributed by atoms with E-state index in [2.05, 4.69) is 15.1 Å². The molecule has 14 heavy (non-hydrogen) atoms. The van der Waals surface area contributed by atoms with Gasteiger partial charge in [0.15, 0.2) is 5.65 Å². The molecule has 0 aliphatic rings. The average molecular weight is 194 g/mol. The minimum Gasteiger partial charge on any atom is -0.383 e. The number of aromatic nitrogens is 4. The molecule has 6 heteroatoms. The van der Waals surface area contributed by atoms with Crippen LogP contribution in [0, 0.1) is 0 Å². The minimum absolute atomic E-state index is 0.170. The van der Waals surface area contributed by atoms with Crippen LogP contribution in [0.15, 0.2) is 6.20 Å². The Hall–Kier alpha value is -1.85. The number of anilines is 2. The maximum Gasteiger partial charge on any atom is 0.224 e. The van der Waals surface area contributed by atoms with E-state index in [9.17, 15) is 0 Å². The van der Waals surface area contributed by atoms with Crippen LogP contribution >= 0.6 is 0 Å². The molecule has 0 saturated carbocycles. The Morgan fingerprint density at radius 1 is 1.21 bits per heavy atom. The van der Waals surface area contributed by atoms with E-state index >= 15 is 0 Å². The fourth-order valence-corrected chi connectivity index (χ4v) is 1.06. The van der Waals surface area contributed by atoms with Crippen LogP contribution in [0.2, 0.25) is 0 Å². The third-order valence-electron chi connectivity index (χ3n) is 1.64. The molecule has 0 bridgehead atoms. The van der Waals surface area contributed by atoms with Crippen LogP contribution in [0.3, 0.4) is 0 Å². The summed E-state index contributed by atoms with van der Waals surface area (Å²) >= 11 is 0. The first-order valence-electron chi connectivity index (χ1n) is 4.39. The number of hydrogen-bond donors (Lipinski definition) is 2. The summed E-state index contributed by atoms with van der Waals surface area (Å²) in [7, 11) is 1.77. The Kier molecular flexibility index (Phi) is 2.85. The SMILES string of the molecule is CC.Cn1ncc2c(N)nc(N)nc21. The lowest BCUT2D eigenvalue weighted by Crippen LogP contribution is -2.01. The van der Waals surface area contributed by atoms with Crippen molar-refractivity contribution in [3.05, 3.63) is 6.20 Å². The molecule has 0 spiro atoms. The van der Waals surface area contributed by atoms with Crippen LogP contribution < -0.4 is 11.5 Å². The van der Waals surface area contributed by atoms with E-state index in [1.807, 2.05) is 13.8 Å². The molecule has 0 aliphatic carbocycles. The first-order chi connectivity index (χ1) is 6.68. The summed E-state index contributed by atoms with van der Waals surface area (Å²) < 4.78 is 1.60. The van der Waals surface area contributed by atoms with E-state index in [4.69, 9.17) is 11.5 Å². The maximum absolute atomic E-state index is 5.59. The zero-order valence-electron chi connectivity index (χ0n) is 8.52. The molecule has 0 unspecified atom stereocenters. The third-order valence-corrected chi connectivity index (χ3v) is 1.64. The number of aryl methyl sites for hydroxylation is 1. The van der Waals surface area contributed by atoms with Crippen molar-refractivity contribution in [2.75, 3.05) is 11.5 Å². The third kappa shape index (κ3) is 1.59. The molecule has 0 fully saturated rings. The summed E-state index contributed by atoms with van der Waals surface area (Å²) in [6.45, 7) is 4.00. The Labute approximate surface area is 81.9 Å². The van der Waals surface area contributed by atoms with Gasteiger partial charge in [-0.15, -0.1) is 0 Å². The van der Waals surface area contributed by atoms with Crippen LogP contribution in [-0.4, -0.2) is 19.7 Å². The quantitative estimate of drug-likeness (QED) is 0.638. The summed E-state index contributed by atoms with van der Waals surface area (Å²) in [6, 6.07) is 0. The van der Waals surface area contributed by atoms with Crippen molar-refractivity contribution in [1.82, 2.24) is 19.7 Å². The summed E-state index contributed by atoms with van der Waals surface area (Å²) in [5, 5.41) is 4.70. The second-order valence-corrected chi connectivity index (χ2v) is 2.47. The van der Waals surface area contributed by atoms with Gasteiger partial charge >= 0.3 is 0 Å². The molecule has 6 nitrogen and oxygen atoms in total. The molecular formula is C8H14N6. The molecule has 2 rings (SSSR count). The molecular weight excluding hydrogens is 180 g/mol. The lowest BCUT2D eigenvalue weighted by Gasteiger charge is -1.97. The fraction of sp³-hybridized carbons (Fsp3) is 0.375. The highest BCUT2D eigenvalue weighted by Crippen LogP contribution is 2.16. The largest absolute Gasteiger partial charge is 0.383 e. The average Bonchev–Trinajstić information content (AvgIpc) is 2.52. The van der Waals surface area contributed by atoms with Gasteiger partial charge < -0.3 is 11.5 Å². The fourth-order valence-electron chi connectivity index (χ4n) is 1.06. The van der Waals surface area contributed by atoms with Crippen LogP contribution in [0.5, 0.6) is 0 Å². The van der Waals surface area contributed by atoms with Gasteiger partial charge in [-0.1, -0.05) is 13.8 Å². The number of nitrogens with zero attached hydrogens (tertiary/aromatic N) is 4. The van der Waals surface area contributed by atoms with Gasteiger partial charge in [-0.3, -0.25) is 4.68 Å². The van der Waals surface area contributed by atoms with Gasteiger partial charge in [0, 0.05) is 7.05 Å². The molecule has 0 atom stereocenters. The van der Waals surface area contributed by atoms with Crippen molar-refractivity contribution in [1.29, 1.82) is 0 Å². The molecule has 76 valence electrons. The molecule has 0 radical (unpaired) electrons. The van der Waals surface area contributed by atoms with Crippen molar-refractivity contribution < 1.29 is 0 Å². The summed E-state index contributed by atoms with van der Waals surface area (Å²) in [6.07, 6.45) is 1.62. The minimum atomic E-state index is 0.170. The van der Waals surface area contributed by atoms with Gasteiger partial charge in [0.05, 0.1) is 11.6 Å². The number of rotatable bonds is 0. The van der Waals surface area contributed by atoms with Crippen molar-refractivity contribution in [2.24, 2.45) is 7.05 Å². The van der Waals surface area contributed by atoms with Gasteiger partial charge in [0.2, 0.25) is 5.95 Å². The van der Waals surface area contributed by atoms with E-state index in [0.717, 1.165) is 5.39 Å². The van der Waals surface area contributed by atoms with Gasteiger partial charge in [-0.05, 0) is 0 Å². The molecule has 2 aromatic heterocycles. The molecule has 0 saturated heterocycles. The Morgan fingerprint density at radius 3 is 2.50 bits per heavy atom. The molecule has 2 aromatic rings. The van der Waals surface area contributed by atoms with Gasteiger partial charge in [-0.2, -0.15) is 15.1 Å². The lowest BCUT2D eigenvalue weighted by molar-refractivity contribution is 0.786. The van der Waals surface area contributed by atoms with E-state index in [1.165, 1.54) is 0 Å². The second kappa shape index (κ2) is 3.91. The predicted octanol–water partition coefficient (Wildman–Crippen LogP) is 0.554. The molecule has 0 amide bonds. The zero-order valence-corrected chi connectivity index (χ0v) is 8.52. The highest BCUT2D eigenvalue weighted by Gasteiger charge is 2.06. The second-order valence-electron chi connectivity index (χ2n) is 2.47. The monoisotopic (exact) mass is 194 g/mol. The highest BCUT2D eigenvalue weighted by atomic mass is 15.3. The molecule has 0 aromatic carbocycles. The van der Waals surface area contributed by atoms with Crippen molar-refractivity contribution >= 4 is 22.8 Å². The van der Waals surface area contributed by atoms with Crippen LogP contribution in [0.1, 0.15) is 13.8 Å². The van der Waals surface area contributed by atoms with E-state index in [0.29, 0.717) is 11.5 Å². The Morgan fingerprint density at radius 2 is 1.86 bits per heavy atom. The van der Waals surface area contributed by atoms with E-state index < -0.39 is 0 Å². The van der Waals surface area contributed by atoms with Gasteiger partial charge in [0.25, 0.3) is 0 Å². The van der Waals surface area contributed by atoms with Crippen molar-refractivity contribution in [3.8, 4) is 0 Å². The predicted molar refractivity (Wildman–Crippen MR) is 56.5 cm³/mol. The lowest BCUT2D eigenvalue weighted by atomic mass is 10.4. The number of fused-ring (bicyclic) bond motifs is 1. The summed E-state index contributed by atoms with van der Waals surface area (Å²) in [5.74, 6) is 0.536. The maximum atomic E-state index is 5.59. The Balaban J connectivity index is 0.000000461. The van der Waals surface area contributed by atoms with Crippen molar-refractivity contribution in [2.45, 2.75) is 13.8 Å². The smallest absolute Gasteiger partial charge is 0.224 e. The first kappa shape index (κ1) is 10.2. The topological polar surface area (TPSA) is 95.6 Å².